The molecule has 1 atom stereocenters. The van der Waals surface area contributed by atoms with Crippen molar-refractivity contribution in [3.8, 4) is 0 Å². The first-order chi connectivity index (χ1) is 12.6. The lowest BCUT2D eigenvalue weighted by molar-refractivity contribution is -0.142. The third kappa shape index (κ3) is 4.23. The van der Waals surface area contributed by atoms with E-state index in [1.165, 1.54) is 7.11 Å². The van der Waals surface area contributed by atoms with Crippen LogP contribution in [0.4, 0.5) is 0 Å². The number of aromatic nitrogens is 2. The quantitative estimate of drug-likeness (QED) is 0.650. The molecule has 0 aliphatic rings. The minimum absolute atomic E-state index is 0.185. The van der Waals surface area contributed by atoms with Crippen LogP contribution < -0.4 is 5.32 Å². The molecule has 1 heterocycles. The van der Waals surface area contributed by atoms with E-state index in [-0.39, 0.29) is 12.3 Å². The molecule has 3 rings (SSSR count). The summed E-state index contributed by atoms with van der Waals surface area (Å²) < 4.78 is 5.60. The normalized spacial score (nSPS) is 11.8. The van der Waals surface area contributed by atoms with Crippen LogP contribution in [-0.2, 0) is 16.0 Å². The third-order valence-electron chi connectivity index (χ3n) is 3.79. The highest BCUT2D eigenvalue weighted by molar-refractivity contribution is 9.10. The Morgan fingerprint density at radius 2 is 1.92 bits per heavy atom. The number of carbonyl (C=O) groups excluding carboxylic acids is 2. The molecule has 0 aliphatic carbocycles. The average molecular weight is 414 g/mol. The van der Waals surface area contributed by atoms with Crippen LogP contribution in [0, 0.1) is 0 Å². The maximum Gasteiger partial charge on any atom is 0.328 e. The predicted molar refractivity (Wildman–Crippen MR) is 101 cm³/mol. The number of rotatable bonds is 5. The molecule has 0 aliphatic heterocycles. The number of methoxy groups -OCH3 is 1. The van der Waals surface area contributed by atoms with Gasteiger partial charge in [0.2, 0.25) is 0 Å². The van der Waals surface area contributed by atoms with E-state index < -0.39 is 12.0 Å². The van der Waals surface area contributed by atoms with Crippen molar-refractivity contribution >= 4 is 38.8 Å². The number of hydrogen-bond acceptors (Lipinski definition) is 5. The minimum Gasteiger partial charge on any atom is -0.467 e. The number of halogens is 1. The molecule has 0 radical (unpaired) electrons. The van der Waals surface area contributed by atoms with E-state index in [2.05, 4.69) is 31.2 Å². The smallest absolute Gasteiger partial charge is 0.328 e. The van der Waals surface area contributed by atoms with Crippen molar-refractivity contribution in [2.75, 3.05) is 7.11 Å². The fourth-order valence-electron chi connectivity index (χ4n) is 2.51. The van der Waals surface area contributed by atoms with E-state index in [1.54, 1.807) is 24.4 Å². The highest BCUT2D eigenvalue weighted by Crippen LogP contribution is 2.13. The Kier molecular flexibility index (Phi) is 5.58. The standard InChI is InChI=1S/C19H16BrN3O3/c1-26-19(25)17(23-18(24)12-5-4-6-13(20)9-12)10-14-11-21-15-7-2-3-8-16(15)22-14/h2-9,11,17H,10H2,1H3,(H,23,24)/t17-/m1/s1. The summed E-state index contributed by atoms with van der Waals surface area (Å²) in [5, 5.41) is 2.71. The number of nitrogens with one attached hydrogen (secondary N) is 1. The van der Waals surface area contributed by atoms with Gasteiger partial charge in [0.15, 0.2) is 0 Å². The fraction of sp³-hybridized carbons (Fsp3) is 0.158. The molecule has 26 heavy (non-hydrogen) atoms. The van der Waals surface area contributed by atoms with E-state index in [0.717, 1.165) is 15.5 Å². The van der Waals surface area contributed by atoms with Gasteiger partial charge in [-0.1, -0.05) is 34.1 Å². The van der Waals surface area contributed by atoms with Crippen molar-refractivity contribution in [2.45, 2.75) is 12.5 Å². The van der Waals surface area contributed by atoms with Gasteiger partial charge in [-0.3, -0.25) is 9.78 Å². The lowest BCUT2D eigenvalue weighted by Crippen LogP contribution is -2.43. The molecular formula is C19H16BrN3O3. The van der Waals surface area contributed by atoms with Gasteiger partial charge in [0.1, 0.15) is 6.04 Å². The second-order valence-electron chi connectivity index (χ2n) is 5.61. The van der Waals surface area contributed by atoms with Crippen molar-refractivity contribution < 1.29 is 14.3 Å². The Hall–Kier alpha value is -2.80. The molecule has 0 spiro atoms. The maximum absolute atomic E-state index is 12.5. The zero-order valence-corrected chi connectivity index (χ0v) is 15.6. The number of benzene rings is 2. The molecule has 1 aromatic heterocycles. The van der Waals surface area contributed by atoms with Gasteiger partial charge in [0.25, 0.3) is 5.91 Å². The summed E-state index contributed by atoms with van der Waals surface area (Å²) in [6.07, 6.45) is 1.79. The first kappa shape index (κ1) is 18.0. The van der Waals surface area contributed by atoms with Gasteiger partial charge in [0, 0.05) is 22.7 Å². The Labute approximate surface area is 158 Å². The van der Waals surface area contributed by atoms with E-state index in [9.17, 15) is 9.59 Å². The Morgan fingerprint density at radius 3 is 2.65 bits per heavy atom. The second-order valence-corrected chi connectivity index (χ2v) is 6.53. The minimum atomic E-state index is -0.859. The van der Waals surface area contributed by atoms with E-state index in [4.69, 9.17) is 4.74 Å². The first-order valence-electron chi connectivity index (χ1n) is 7.92. The van der Waals surface area contributed by atoms with Crippen LogP contribution in [0.2, 0.25) is 0 Å². The van der Waals surface area contributed by atoms with Crippen molar-refractivity contribution in [1.29, 1.82) is 0 Å². The van der Waals surface area contributed by atoms with E-state index in [0.29, 0.717) is 11.3 Å². The van der Waals surface area contributed by atoms with Gasteiger partial charge in [-0.25, -0.2) is 9.78 Å². The lowest BCUT2D eigenvalue weighted by Gasteiger charge is -2.16. The summed E-state index contributed by atoms with van der Waals surface area (Å²) in [6, 6.07) is 13.5. The topological polar surface area (TPSA) is 81.2 Å². The number of esters is 1. The number of para-hydroxylation sites is 2. The zero-order chi connectivity index (χ0) is 18.5. The summed E-state index contributed by atoms with van der Waals surface area (Å²) >= 11 is 3.33. The zero-order valence-electron chi connectivity index (χ0n) is 14.0. The number of fused-ring (bicyclic) bond motifs is 1. The molecule has 3 aromatic rings. The largest absolute Gasteiger partial charge is 0.467 e. The highest BCUT2D eigenvalue weighted by atomic mass is 79.9. The van der Waals surface area contributed by atoms with Gasteiger partial charge in [-0.15, -0.1) is 0 Å². The molecule has 132 valence electrons. The van der Waals surface area contributed by atoms with Crippen molar-refractivity contribution in [2.24, 2.45) is 0 Å². The van der Waals surface area contributed by atoms with Gasteiger partial charge in [-0.05, 0) is 30.3 Å². The molecule has 0 bridgehead atoms. The summed E-state index contributed by atoms with van der Waals surface area (Å²) in [6.45, 7) is 0. The SMILES string of the molecule is COC(=O)[C@@H](Cc1cnc2ccccc2n1)NC(=O)c1cccc(Br)c1. The van der Waals surface area contributed by atoms with Crippen molar-refractivity contribution in [3.63, 3.8) is 0 Å². The molecule has 0 saturated heterocycles. The summed E-state index contributed by atoms with van der Waals surface area (Å²) in [7, 11) is 1.28. The molecule has 6 nitrogen and oxygen atoms in total. The van der Waals surface area contributed by atoms with Crippen LogP contribution in [0.5, 0.6) is 0 Å². The molecule has 2 aromatic carbocycles. The van der Waals surface area contributed by atoms with Crippen molar-refractivity contribution in [1.82, 2.24) is 15.3 Å². The summed E-state index contributed by atoms with van der Waals surface area (Å²) in [4.78, 5) is 33.4. The van der Waals surface area contributed by atoms with Gasteiger partial charge >= 0.3 is 5.97 Å². The lowest BCUT2D eigenvalue weighted by atomic mass is 10.1. The number of nitrogens with zero attached hydrogens (tertiary/aromatic N) is 2. The number of ether oxygens (including phenoxy) is 1. The highest BCUT2D eigenvalue weighted by Gasteiger charge is 2.23. The molecule has 7 heteroatoms. The van der Waals surface area contributed by atoms with Crippen LogP contribution in [0.25, 0.3) is 11.0 Å². The van der Waals surface area contributed by atoms with Crippen LogP contribution >= 0.6 is 15.9 Å². The van der Waals surface area contributed by atoms with Crippen LogP contribution in [-0.4, -0.2) is 35.0 Å². The van der Waals surface area contributed by atoms with Crippen LogP contribution in [0.3, 0.4) is 0 Å². The van der Waals surface area contributed by atoms with Gasteiger partial charge < -0.3 is 10.1 Å². The molecule has 1 N–H and O–H groups in total. The summed E-state index contributed by atoms with van der Waals surface area (Å²) in [5.41, 5.74) is 2.53. The second kappa shape index (κ2) is 8.05. The van der Waals surface area contributed by atoms with Crippen molar-refractivity contribution in [3.05, 3.63) is 70.5 Å². The van der Waals surface area contributed by atoms with Crippen LogP contribution in [0.1, 0.15) is 16.1 Å². The van der Waals surface area contributed by atoms with E-state index in [1.807, 2.05) is 30.3 Å². The number of amides is 1. The number of carbonyl (C=O) groups is 2. The maximum atomic E-state index is 12.5. The van der Waals surface area contributed by atoms with E-state index >= 15 is 0 Å². The monoisotopic (exact) mass is 413 g/mol. The molecule has 0 unspecified atom stereocenters. The Bertz CT molecular complexity index is 961. The Morgan fingerprint density at radius 1 is 1.15 bits per heavy atom. The Balaban J connectivity index is 1.81. The van der Waals surface area contributed by atoms with Crippen LogP contribution in [0.15, 0.2) is 59.2 Å². The third-order valence-corrected chi connectivity index (χ3v) is 4.28. The van der Waals surface area contributed by atoms with Gasteiger partial charge in [-0.2, -0.15) is 0 Å². The molecule has 0 saturated carbocycles. The average Bonchev–Trinajstić information content (AvgIpc) is 2.66. The molecule has 1 amide bonds. The molecular weight excluding hydrogens is 398 g/mol. The fourth-order valence-corrected chi connectivity index (χ4v) is 2.91. The predicted octanol–water partition coefficient (Wildman–Crippen LogP) is 2.91. The first-order valence-corrected chi connectivity index (χ1v) is 8.71. The number of hydrogen-bond donors (Lipinski definition) is 1. The molecule has 0 fully saturated rings. The summed E-state index contributed by atoms with van der Waals surface area (Å²) in [5.74, 6) is -0.904. The van der Waals surface area contributed by atoms with Gasteiger partial charge in [0.05, 0.1) is 23.8 Å².